The lowest BCUT2D eigenvalue weighted by atomic mass is 10.1. The minimum absolute atomic E-state index is 0.0169. The zero-order valence-electron chi connectivity index (χ0n) is 10.5. The Morgan fingerprint density at radius 2 is 1.95 bits per heavy atom. The van der Waals surface area contributed by atoms with Gasteiger partial charge in [-0.2, -0.15) is 10.5 Å². The van der Waals surface area contributed by atoms with E-state index in [-0.39, 0.29) is 17.2 Å². The van der Waals surface area contributed by atoms with E-state index >= 15 is 0 Å². The van der Waals surface area contributed by atoms with Gasteiger partial charge in [0.25, 0.3) is 0 Å². The summed E-state index contributed by atoms with van der Waals surface area (Å²) in [6, 6.07) is 9.59. The fourth-order valence-corrected chi connectivity index (χ4v) is 1.95. The molecule has 0 bridgehead atoms. The summed E-state index contributed by atoms with van der Waals surface area (Å²) in [5, 5.41) is 18.5. The van der Waals surface area contributed by atoms with Gasteiger partial charge in [-0.3, -0.25) is 4.79 Å². The summed E-state index contributed by atoms with van der Waals surface area (Å²) < 4.78 is 1.40. The van der Waals surface area contributed by atoms with Gasteiger partial charge >= 0.3 is 0 Å². The monoisotopic (exact) mass is 284 g/mol. The van der Waals surface area contributed by atoms with E-state index in [9.17, 15) is 4.79 Å². The maximum Gasteiger partial charge on any atom is 0.185 e. The van der Waals surface area contributed by atoms with Crippen molar-refractivity contribution in [2.24, 2.45) is 0 Å². The number of halogens is 1. The number of carbonyl (C=O) groups is 1. The predicted molar refractivity (Wildman–Crippen MR) is 72.2 cm³/mol. The summed E-state index contributed by atoms with van der Waals surface area (Å²) in [4.78, 5) is 16.2. The molecule has 0 amide bonds. The number of nitrogens with zero attached hydrogens (tertiary/aromatic N) is 4. The predicted octanol–water partition coefficient (Wildman–Crippen LogP) is 2.72. The first-order valence-electron chi connectivity index (χ1n) is 5.75. The van der Waals surface area contributed by atoms with E-state index in [1.54, 1.807) is 31.2 Å². The van der Waals surface area contributed by atoms with Crippen LogP contribution in [0.25, 0.3) is 0 Å². The molecule has 0 radical (unpaired) electrons. The Morgan fingerprint density at radius 1 is 1.30 bits per heavy atom. The molecule has 2 rings (SSSR count). The minimum Gasteiger partial charge on any atom is -0.310 e. The number of nitriles is 2. The summed E-state index contributed by atoms with van der Waals surface area (Å²) >= 11 is 5.78. The average Bonchev–Trinajstić information content (AvgIpc) is 2.89. The van der Waals surface area contributed by atoms with Crippen molar-refractivity contribution in [2.45, 2.75) is 13.0 Å². The zero-order valence-corrected chi connectivity index (χ0v) is 11.3. The quantitative estimate of drug-likeness (QED) is 0.811. The van der Waals surface area contributed by atoms with Crippen LogP contribution in [0.1, 0.15) is 34.7 Å². The third-order valence-corrected chi connectivity index (χ3v) is 3.18. The molecule has 2 aromatic rings. The van der Waals surface area contributed by atoms with Gasteiger partial charge in [0, 0.05) is 10.6 Å². The summed E-state index contributed by atoms with van der Waals surface area (Å²) in [6.45, 7) is 1.65. The lowest BCUT2D eigenvalue weighted by Gasteiger charge is -2.13. The second-order valence-electron chi connectivity index (χ2n) is 4.12. The van der Waals surface area contributed by atoms with Gasteiger partial charge in [0.1, 0.15) is 12.1 Å². The standard InChI is InChI=1S/C14H9ClN4O/c1-9(14(20)10-2-4-11(15)5-3-10)19-8-18-12(6-16)13(19)7-17/h2-5,8-9H,1H3. The molecule has 6 heteroatoms. The molecule has 0 aliphatic carbocycles. The highest BCUT2D eigenvalue weighted by Gasteiger charge is 2.21. The maximum atomic E-state index is 12.3. The van der Waals surface area contributed by atoms with Crippen LogP contribution in [0.3, 0.4) is 0 Å². The van der Waals surface area contributed by atoms with Crippen LogP contribution in [0.4, 0.5) is 0 Å². The van der Waals surface area contributed by atoms with E-state index < -0.39 is 6.04 Å². The normalized spacial score (nSPS) is 11.4. The van der Waals surface area contributed by atoms with Crippen LogP contribution in [0.5, 0.6) is 0 Å². The fraction of sp³-hybridized carbons (Fsp3) is 0.143. The van der Waals surface area contributed by atoms with Gasteiger partial charge in [-0.05, 0) is 31.2 Å². The lowest BCUT2D eigenvalue weighted by Crippen LogP contribution is -2.17. The van der Waals surface area contributed by atoms with Crippen molar-refractivity contribution in [3.63, 3.8) is 0 Å². The molecule has 1 heterocycles. The molecule has 0 saturated carbocycles. The molecular formula is C14H9ClN4O. The molecule has 98 valence electrons. The summed E-state index contributed by atoms with van der Waals surface area (Å²) in [5.74, 6) is -0.181. The number of carbonyl (C=O) groups excluding carboxylic acids is 1. The molecule has 0 saturated heterocycles. The minimum atomic E-state index is -0.625. The Hall–Kier alpha value is -2.63. The molecule has 0 aliphatic heterocycles. The van der Waals surface area contributed by atoms with Crippen molar-refractivity contribution in [1.29, 1.82) is 10.5 Å². The van der Waals surface area contributed by atoms with E-state index in [4.69, 9.17) is 22.1 Å². The SMILES string of the molecule is CC(C(=O)c1ccc(Cl)cc1)n1cnc(C#N)c1C#N. The van der Waals surface area contributed by atoms with E-state index in [1.807, 2.05) is 12.1 Å². The van der Waals surface area contributed by atoms with Crippen LogP contribution < -0.4 is 0 Å². The number of benzene rings is 1. The third-order valence-electron chi connectivity index (χ3n) is 2.93. The van der Waals surface area contributed by atoms with Gasteiger partial charge in [-0.1, -0.05) is 11.6 Å². The molecule has 1 unspecified atom stereocenters. The number of hydrogen-bond acceptors (Lipinski definition) is 4. The maximum absolute atomic E-state index is 12.3. The molecule has 0 fully saturated rings. The van der Waals surface area contributed by atoms with Gasteiger partial charge in [-0.25, -0.2) is 4.98 Å². The number of ketones is 1. The Bertz CT molecular complexity index is 734. The molecular weight excluding hydrogens is 276 g/mol. The van der Waals surface area contributed by atoms with E-state index in [0.29, 0.717) is 10.6 Å². The molecule has 0 aliphatic rings. The van der Waals surface area contributed by atoms with Crippen LogP contribution in [0, 0.1) is 22.7 Å². The van der Waals surface area contributed by atoms with Gasteiger partial charge in [0.15, 0.2) is 17.2 Å². The number of Topliss-reactive ketones (excluding diaryl/α,β-unsaturated/α-hetero) is 1. The summed E-state index contributed by atoms with van der Waals surface area (Å²) in [5.41, 5.74) is 0.587. The van der Waals surface area contributed by atoms with Gasteiger partial charge in [0.05, 0.1) is 12.4 Å². The average molecular weight is 285 g/mol. The van der Waals surface area contributed by atoms with Gasteiger partial charge < -0.3 is 4.57 Å². The Labute approximate surface area is 120 Å². The Kier molecular flexibility index (Phi) is 3.84. The number of imidazole rings is 1. The van der Waals surface area contributed by atoms with Crippen molar-refractivity contribution in [3.8, 4) is 12.1 Å². The molecule has 1 aromatic carbocycles. The van der Waals surface area contributed by atoms with Crippen molar-refractivity contribution in [1.82, 2.24) is 9.55 Å². The first-order valence-corrected chi connectivity index (χ1v) is 6.13. The first-order chi connectivity index (χ1) is 9.58. The third kappa shape index (κ3) is 2.40. The van der Waals surface area contributed by atoms with Gasteiger partial charge in [0.2, 0.25) is 0 Å². The van der Waals surface area contributed by atoms with Gasteiger partial charge in [-0.15, -0.1) is 0 Å². The highest BCUT2D eigenvalue weighted by molar-refractivity contribution is 6.30. The van der Waals surface area contributed by atoms with E-state index in [2.05, 4.69) is 4.98 Å². The zero-order chi connectivity index (χ0) is 14.7. The topological polar surface area (TPSA) is 82.5 Å². The molecule has 20 heavy (non-hydrogen) atoms. The second-order valence-corrected chi connectivity index (χ2v) is 4.56. The first kappa shape index (κ1) is 13.8. The van der Waals surface area contributed by atoms with Crippen molar-refractivity contribution in [3.05, 3.63) is 52.6 Å². The van der Waals surface area contributed by atoms with Crippen LogP contribution in [0.2, 0.25) is 5.02 Å². The number of rotatable bonds is 3. The summed E-state index contributed by atoms with van der Waals surface area (Å²) in [6.07, 6.45) is 1.33. The molecule has 5 nitrogen and oxygen atoms in total. The summed E-state index contributed by atoms with van der Waals surface area (Å²) in [7, 11) is 0. The molecule has 1 atom stereocenters. The highest BCUT2D eigenvalue weighted by Crippen LogP contribution is 2.19. The smallest absolute Gasteiger partial charge is 0.185 e. The Balaban J connectivity index is 2.37. The van der Waals surface area contributed by atoms with Crippen LogP contribution in [0.15, 0.2) is 30.6 Å². The molecule has 1 aromatic heterocycles. The van der Waals surface area contributed by atoms with Crippen molar-refractivity contribution < 1.29 is 4.79 Å². The largest absolute Gasteiger partial charge is 0.310 e. The fourth-order valence-electron chi connectivity index (χ4n) is 1.83. The second kappa shape index (κ2) is 5.56. The number of aromatic nitrogens is 2. The van der Waals surface area contributed by atoms with E-state index in [0.717, 1.165) is 0 Å². The van der Waals surface area contributed by atoms with Crippen molar-refractivity contribution >= 4 is 17.4 Å². The lowest BCUT2D eigenvalue weighted by molar-refractivity contribution is 0.0934. The van der Waals surface area contributed by atoms with Crippen LogP contribution in [-0.4, -0.2) is 15.3 Å². The highest BCUT2D eigenvalue weighted by atomic mass is 35.5. The van der Waals surface area contributed by atoms with Crippen molar-refractivity contribution in [2.75, 3.05) is 0 Å². The number of hydrogen-bond donors (Lipinski definition) is 0. The Morgan fingerprint density at radius 3 is 2.50 bits per heavy atom. The van der Waals surface area contributed by atoms with Crippen LogP contribution >= 0.6 is 11.6 Å². The van der Waals surface area contributed by atoms with E-state index in [1.165, 1.54) is 10.9 Å². The van der Waals surface area contributed by atoms with Crippen LogP contribution in [-0.2, 0) is 0 Å². The molecule has 0 spiro atoms. The molecule has 0 N–H and O–H groups in total.